The number of hydrogen-bond donors (Lipinski definition) is 0. The Morgan fingerprint density at radius 1 is 0.123 bits per heavy atom. The molecule has 0 unspecified atom stereocenters. The van der Waals surface area contributed by atoms with Gasteiger partial charge in [0.2, 0.25) is 17.7 Å². The summed E-state index contributed by atoms with van der Waals surface area (Å²) in [6, 6.07) is 151. The molecule has 0 saturated carbocycles. The highest BCUT2D eigenvalue weighted by molar-refractivity contribution is 6.20. The third-order valence-electron chi connectivity index (χ3n) is 24.9. The number of furan rings is 3. The van der Waals surface area contributed by atoms with Crippen molar-refractivity contribution in [3.8, 4) is 170 Å². The summed E-state index contributed by atoms with van der Waals surface area (Å²) in [5.74, 6) is 4.61. The number of hydrogen-bond acceptors (Lipinski definition) is 16. The zero-order chi connectivity index (χ0) is 91.4. The highest BCUT2D eigenvalue weighted by Crippen LogP contribution is 2.48. The predicted octanol–water partition coefficient (Wildman–Crippen LogP) is 32.0. The summed E-state index contributed by atoms with van der Waals surface area (Å²) in [5.41, 5.74) is 30.3. The average molecular weight is 1780 g/mol. The molecule has 16 heteroatoms. The molecular formula is C122H74N10O6. The van der Waals surface area contributed by atoms with E-state index in [0.29, 0.717) is 46.8 Å². The monoisotopic (exact) mass is 1770 g/mol. The Balaban J connectivity index is 0.000000111. The van der Waals surface area contributed by atoms with Gasteiger partial charge in [0.1, 0.15) is 50.0 Å². The summed E-state index contributed by atoms with van der Waals surface area (Å²) in [6.07, 6.45) is 0. The van der Waals surface area contributed by atoms with Gasteiger partial charge in [0, 0.05) is 99.1 Å². The highest BCUT2D eigenvalue weighted by atomic mass is 16.4. The molecular weight excluding hydrogens is 1700 g/mol. The van der Waals surface area contributed by atoms with E-state index in [1.807, 2.05) is 267 Å². The normalized spacial score (nSPS) is 11.5. The van der Waals surface area contributed by atoms with E-state index in [1.165, 1.54) is 5.56 Å². The fourth-order valence-electron chi connectivity index (χ4n) is 18.4. The molecule has 0 radical (unpaired) electrons. The lowest BCUT2D eigenvalue weighted by atomic mass is 9.99. The van der Waals surface area contributed by atoms with Crippen molar-refractivity contribution in [3.05, 3.63) is 449 Å². The van der Waals surface area contributed by atoms with Gasteiger partial charge >= 0.3 is 0 Å². The largest absolute Gasteiger partial charge is 0.456 e. The summed E-state index contributed by atoms with van der Waals surface area (Å²) in [5, 5.41) is 5.47. The molecule has 0 aliphatic carbocycles. The van der Waals surface area contributed by atoms with Crippen LogP contribution in [-0.2, 0) is 0 Å². The Kier molecular flexibility index (Phi) is 20.5. The van der Waals surface area contributed by atoms with Gasteiger partial charge in [0.05, 0.1) is 22.8 Å². The van der Waals surface area contributed by atoms with E-state index in [1.54, 1.807) is 0 Å². The van der Waals surface area contributed by atoms with Gasteiger partial charge in [0.15, 0.2) is 45.9 Å². The molecule has 9 aromatic heterocycles. The number of oxazole rings is 3. The molecule has 27 aromatic rings. The molecule has 0 aliphatic heterocycles. The average Bonchev–Trinajstić information content (AvgIpc) is 1.59. The van der Waals surface area contributed by atoms with Crippen molar-refractivity contribution < 1.29 is 26.5 Å². The van der Waals surface area contributed by atoms with Gasteiger partial charge in [0.25, 0.3) is 0 Å². The van der Waals surface area contributed by atoms with E-state index in [0.717, 1.165) is 216 Å². The van der Waals surface area contributed by atoms with Crippen LogP contribution in [0.15, 0.2) is 475 Å². The summed E-state index contributed by atoms with van der Waals surface area (Å²) in [7, 11) is 0. The van der Waals surface area contributed by atoms with Crippen molar-refractivity contribution >= 4 is 99.1 Å². The first-order valence-electron chi connectivity index (χ1n) is 45.5. The minimum Gasteiger partial charge on any atom is -0.456 e. The quantitative estimate of drug-likeness (QED) is 0.0935. The Hall–Kier alpha value is -19.1. The first-order chi connectivity index (χ1) is 68.3. The van der Waals surface area contributed by atoms with E-state index >= 15 is 0 Å². The van der Waals surface area contributed by atoms with E-state index in [-0.39, 0.29) is 0 Å². The molecule has 0 bridgehead atoms. The number of fused-ring (bicyclic) bond motifs is 12. The molecule has 16 nitrogen and oxygen atoms in total. The zero-order valence-corrected chi connectivity index (χ0v) is 73.6. The van der Waals surface area contributed by atoms with Crippen LogP contribution in [0, 0.1) is 0 Å². The maximum Gasteiger partial charge on any atom is 0.228 e. The van der Waals surface area contributed by atoms with Crippen molar-refractivity contribution in [1.29, 1.82) is 0 Å². The third-order valence-corrected chi connectivity index (χ3v) is 24.9. The molecule has 0 aliphatic rings. The maximum absolute atomic E-state index is 6.48. The van der Waals surface area contributed by atoms with Gasteiger partial charge < -0.3 is 26.5 Å². The summed E-state index contributed by atoms with van der Waals surface area (Å²) in [6.45, 7) is 0. The van der Waals surface area contributed by atoms with Crippen LogP contribution in [-0.4, -0.2) is 49.8 Å². The van der Waals surface area contributed by atoms with Crippen LogP contribution in [0.25, 0.3) is 269 Å². The summed E-state index contributed by atoms with van der Waals surface area (Å²) < 4.78 is 38.0. The van der Waals surface area contributed by atoms with Gasteiger partial charge in [-0.2, -0.15) is 0 Å². The first-order valence-corrected chi connectivity index (χ1v) is 45.5. The molecule has 138 heavy (non-hydrogen) atoms. The number of benzene rings is 18. The van der Waals surface area contributed by atoms with Crippen LogP contribution in [0.5, 0.6) is 0 Å². The molecule has 0 atom stereocenters. The lowest BCUT2D eigenvalue weighted by Gasteiger charge is -2.12. The molecule has 0 N–H and O–H groups in total. The van der Waals surface area contributed by atoms with Crippen molar-refractivity contribution in [2.45, 2.75) is 0 Å². The second-order valence-corrected chi connectivity index (χ2v) is 33.5. The molecule has 27 rings (SSSR count). The molecule has 18 aromatic carbocycles. The fourth-order valence-corrected chi connectivity index (χ4v) is 18.4. The van der Waals surface area contributed by atoms with Gasteiger partial charge in [-0.3, -0.25) is 0 Å². The van der Waals surface area contributed by atoms with Crippen molar-refractivity contribution in [2.75, 3.05) is 0 Å². The van der Waals surface area contributed by atoms with Crippen LogP contribution in [0.4, 0.5) is 0 Å². The second-order valence-electron chi connectivity index (χ2n) is 33.5. The zero-order valence-electron chi connectivity index (χ0n) is 73.6. The maximum atomic E-state index is 6.48. The van der Waals surface area contributed by atoms with Crippen LogP contribution < -0.4 is 0 Å². The Morgan fingerprint density at radius 3 is 0.674 bits per heavy atom. The molecule has 0 amide bonds. The van der Waals surface area contributed by atoms with E-state index in [2.05, 4.69) is 182 Å². The lowest BCUT2D eigenvalue weighted by molar-refractivity contribution is 0.620. The van der Waals surface area contributed by atoms with Crippen molar-refractivity contribution in [1.82, 2.24) is 49.8 Å². The predicted molar refractivity (Wildman–Crippen MR) is 550 cm³/mol. The van der Waals surface area contributed by atoms with Gasteiger partial charge in [-0.15, -0.1) is 0 Å². The van der Waals surface area contributed by atoms with Crippen LogP contribution in [0.3, 0.4) is 0 Å². The van der Waals surface area contributed by atoms with E-state index < -0.39 is 0 Å². The Bertz CT molecular complexity index is 9130. The summed E-state index contributed by atoms with van der Waals surface area (Å²) >= 11 is 0. The molecule has 9 heterocycles. The minimum absolute atomic E-state index is 0.537. The van der Waals surface area contributed by atoms with Crippen LogP contribution in [0.2, 0.25) is 0 Å². The van der Waals surface area contributed by atoms with Crippen molar-refractivity contribution in [2.24, 2.45) is 0 Å². The first kappa shape index (κ1) is 81.0. The molecule has 648 valence electrons. The van der Waals surface area contributed by atoms with Crippen molar-refractivity contribution in [3.63, 3.8) is 0 Å². The van der Waals surface area contributed by atoms with Crippen LogP contribution in [0.1, 0.15) is 0 Å². The Morgan fingerprint density at radius 2 is 0.341 bits per heavy atom. The molecule has 0 spiro atoms. The van der Waals surface area contributed by atoms with Crippen LogP contribution >= 0.6 is 0 Å². The smallest absolute Gasteiger partial charge is 0.228 e. The van der Waals surface area contributed by atoms with E-state index in [4.69, 9.17) is 76.3 Å². The molecule has 0 saturated heterocycles. The van der Waals surface area contributed by atoms with Gasteiger partial charge in [-0.25, -0.2) is 49.8 Å². The lowest BCUT2D eigenvalue weighted by Crippen LogP contribution is -2.00. The fraction of sp³-hybridized carbons (Fsp3) is 0. The standard InChI is InChI=1S/C47H29N3O2.C41H25N3O2.C34H20N4O2/c1-3-12-30(13-4-1)32-24-26-33(27-25-32)39-29-40(35-17-9-16-34(28-35)31-14-5-2-6-15-31)49-46(48-39)36-18-10-22-42-44(36)45-37(19-11-23-43(45)51-42)47-50-38-20-7-8-21-41(38)52-47;1-3-12-26(13-4-1)28-16-9-17-29(24-28)34-25-33(27-14-5-2-6-15-27)42-40(43-34)30-18-10-22-36-38(30)39-31(19-11-23-37(39)45-36)41-44-32-20-7-8-21-35(32)46-41;1-3-11-21(12-4-1)31-36-32(22-13-5-2-6-14-22)38-33(37-31)23-15-9-19-27-29(23)30-24(16-10-20-28(30)39-27)34-35-25-17-7-8-18-26(25)40-34/h1-29H;1-25H;1-20H. The van der Waals surface area contributed by atoms with E-state index in [9.17, 15) is 0 Å². The number of para-hydroxylation sites is 6. The molecule has 0 fully saturated rings. The van der Waals surface area contributed by atoms with Gasteiger partial charge in [-0.1, -0.05) is 334 Å². The van der Waals surface area contributed by atoms with Gasteiger partial charge in [-0.05, 0) is 149 Å². The number of nitrogens with zero attached hydrogens (tertiary/aromatic N) is 10. The summed E-state index contributed by atoms with van der Waals surface area (Å²) in [4.78, 5) is 50.2. The Labute approximate surface area is 789 Å². The topological polar surface area (TPSA) is 208 Å². The highest BCUT2D eigenvalue weighted by Gasteiger charge is 2.28. The number of aromatic nitrogens is 10. The second kappa shape index (κ2) is 34.9. The third kappa shape index (κ3) is 15.4. The minimum atomic E-state index is 0.537. The number of rotatable bonds is 15. The SMILES string of the molecule is c1ccc(-c2ccc(-c3cc(-c4cccc(-c5ccccc5)c4)nc(-c4cccc5oc6cccc(-c7nc8ccccc8o7)c6c45)n3)cc2)cc1.c1ccc(-c2cccc(-c3cc(-c4ccccc4)nc(-c4cccc5oc6cccc(-c7nc8ccccc8o7)c6c45)n3)c2)cc1.c1ccc(-c2nc(-c3ccccc3)nc(-c3cccc4oc5cccc(-c6nc7ccccc7o6)c5c34)n2)cc1.